The average molecular weight is 342 g/mol. The van der Waals surface area contributed by atoms with Crippen molar-refractivity contribution in [2.75, 3.05) is 0 Å². The summed E-state index contributed by atoms with van der Waals surface area (Å²) in [5.74, 6) is 0.937. The highest BCUT2D eigenvalue weighted by Gasteiger charge is 2.19. The maximum Gasteiger partial charge on any atom is 0.0766 e. The summed E-state index contributed by atoms with van der Waals surface area (Å²) in [6.45, 7) is 5.21. The van der Waals surface area contributed by atoms with Crippen molar-refractivity contribution in [3.8, 4) is 0 Å². The highest BCUT2D eigenvalue weighted by molar-refractivity contribution is 9.10. The largest absolute Gasteiger partial charge is 0.327 e. The second-order valence-corrected chi connectivity index (χ2v) is 6.86. The quantitative estimate of drug-likeness (QED) is 0.812. The Hall–Kier alpha value is -0.350. The van der Waals surface area contributed by atoms with Gasteiger partial charge in [-0.25, -0.2) is 0 Å². The molecule has 1 atom stereocenters. The van der Waals surface area contributed by atoms with Crippen LogP contribution < -0.4 is 5.73 Å². The van der Waals surface area contributed by atoms with E-state index in [4.69, 9.17) is 5.73 Å². The SMILES string of the molecule is CCc1nn(CC)c(CC(N)CCC2CCCC2)c1Br. The van der Waals surface area contributed by atoms with Crippen molar-refractivity contribution < 1.29 is 0 Å². The van der Waals surface area contributed by atoms with Crippen LogP contribution >= 0.6 is 15.9 Å². The monoisotopic (exact) mass is 341 g/mol. The minimum absolute atomic E-state index is 0.263. The first-order valence-corrected chi connectivity index (χ1v) is 8.94. The lowest BCUT2D eigenvalue weighted by Crippen LogP contribution is -2.25. The van der Waals surface area contributed by atoms with Gasteiger partial charge in [0.15, 0.2) is 0 Å². The van der Waals surface area contributed by atoms with Crippen molar-refractivity contribution in [1.82, 2.24) is 9.78 Å². The molecule has 1 aromatic heterocycles. The lowest BCUT2D eigenvalue weighted by Gasteiger charge is -2.15. The fraction of sp³-hybridized carbons (Fsp3) is 0.812. The number of rotatable bonds is 7. The highest BCUT2D eigenvalue weighted by atomic mass is 79.9. The van der Waals surface area contributed by atoms with E-state index in [9.17, 15) is 0 Å². The Balaban J connectivity index is 1.92. The molecule has 0 amide bonds. The van der Waals surface area contributed by atoms with Crippen LogP contribution in [0.5, 0.6) is 0 Å². The molecule has 0 aliphatic heterocycles. The van der Waals surface area contributed by atoms with E-state index < -0.39 is 0 Å². The molecule has 1 saturated carbocycles. The molecule has 4 heteroatoms. The van der Waals surface area contributed by atoms with E-state index in [1.165, 1.54) is 42.3 Å². The lowest BCUT2D eigenvalue weighted by atomic mass is 9.97. The zero-order valence-corrected chi connectivity index (χ0v) is 14.5. The molecule has 0 bridgehead atoms. The minimum atomic E-state index is 0.263. The second kappa shape index (κ2) is 7.60. The van der Waals surface area contributed by atoms with Gasteiger partial charge in [0, 0.05) is 19.0 Å². The van der Waals surface area contributed by atoms with Gasteiger partial charge in [-0.2, -0.15) is 5.10 Å². The van der Waals surface area contributed by atoms with Gasteiger partial charge >= 0.3 is 0 Å². The van der Waals surface area contributed by atoms with Gasteiger partial charge in [0.2, 0.25) is 0 Å². The summed E-state index contributed by atoms with van der Waals surface area (Å²) in [5, 5.41) is 4.65. The number of hydrogen-bond donors (Lipinski definition) is 1. The first-order valence-electron chi connectivity index (χ1n) is 8.15. The van der Waals surface area contributed by atoms with Gasteiger partial charge in [0.25, 0.3) is 0 Å². The molecule has 1 unspecified atom stereocenters. The highest BCUT2D eigenvalue weighted by Crippen LogP contribution is 2.29. The van der Waals surface area contributed by atoms with E-state index in [1.54, 1.807) is 0 Å². The summed E-state index contributed by atoms with van der Waals surface area (Å²) in [4.78, 5) is 0. The second-order valence-electron chi connectivity index (χ2n) is 6.07. The molecule has 2 rings (SSSR count). The number of aryl methyl sites for hydroxylation is 2. The van der Waals surface area contributed by atoms with Crippen molar-refractivity contribution in [2.24, 2.45) is 11.7 Å². The van der Waals surface area contributed by atoms with Crippen molar-refractivity contribution in [3.63, 3.8) is 0 Å². The van der Waals surface area contributed by atoms with E-state index >= 15 is 0 Å². The molecule has 2 N–H and O–H groups in total. The molecule has 1 aliphatic carbocycles. The van der Waals surface area contributed by atoms with E-state index in [2.05, 4.69) is 39.6 Å². The molecule has 3 nitrogen and oxygen atoms in total. The predicted molar refractivity (Wildman–Crippen MR) is 87.9 cm³/mol. The van der Waals surface area contributed by atoms with Gasteiger partial charge in [0.1, 0.15) is 0 Å². The number of halogens is 1. The van der Waals surface area contributed by atoms with Gasteiger partial charge in [-0.05, 0) is 48.0 Å². The molecule has 0 radical (unpaired) electrons. The lowest BCUT2D eigenvalue weighted by molar-refractivity contribution is 0.441. The van der Waals surface area contributed by atoms with Crippen LogP contribution in [0.1, 0.15) is 63.8 Å². The van der Waals surface area contributed by atoms with Crippen LogP contribution in [0.15, 0.2) is 4.47 Å². The molecule has 1 aromatic rings. The standard InChI is InChI=1S/C16H28BrN3/c1-3-14-16(17)15(20(4-2)19-14)11-13(18)10-9-12-7-5-6-8-12/h12-13H,3-11,18H2,1-2H3. The number of aromatic nitrogens is 2. The molecule has 0 spiro atoms. The summed E-state index contributed by atoms with van der Waals surface area (Å²) in [6, 6.07) is 0.263. The van der Waals surface area contributed by atoms with Crippen LogP contribution in [0.4, 0.5) is 0 Å². The number of nitrogens with two attached hydrogens (primary N) is 1. The fourth-order valence-corrected chi connectivity index (χ4v) is 4.04. The third kappa shape index (κ3) is 3.85. The number of nitrogens with zero attached hydrogens (tertiary/aromatic N) is 2. The molecule has 0 aromatic carbocycles. The third-order valence-corrected chi connectivity index (χ3v) is 5.49. The van der Waals surface area contributed by atoms with Gasteiger partial charge in [-0.15, -0.1) is 0 Å². The molecular weight excluding hydrogens is 314 g/mol. The van der Waals surface area contributed by atoms with Crippen molar-refractivity contribution in [3.05, 3.63) is 15.9 Å². The van der Waals surface area contributed by atoms with Crippen LogP contribution in [0.25, 0.3) is 0 Å². The molecule has 1 fully saturated rings. The summed E-state index contributed by atoms with van der Waals surface area (Å²) in [7, 11) is 0. The Kier molecular flexibility index (Phi) is 6.09. The molecule has 0 saturated heterocycles. The van der Waals surface area contributed by atoms with Crippen LogP contribution in [0.2, 0.25) is 0 Å². The zero-order valence-electron chi connectivity index (χ0n) is 12.9. The maximum absolute atomic E-state index is 6.37. The predicted octanol–water partition coefficient (Wildman–Crippen LogP) is 4.07. The fourth-order valence-electron chi connectivity index (χ4n) is 3.31. The zero-order chi connectivity index (χ0) is 14.5. The normalized spacial score (nSPS) is 17.8. The van der Waals surface area contributed by atoms with Gasteiger partial charge in [0.05, 0.1) is 15.9 Å². The Morgan fingerprint density at radius 2 is 2.05 bits per heavy atom. The Morgan fingerprint density at radius 3 is 2.65 bits per heavy atom. The summed E-state index contributed by atoms with van der Waals surface area (Å²) in [6.07, 6.45) is 10.0. The van der Waals surface area contributed by atoms with Gasteiger partial charge < -0.3 is 5.73 Å². The summed E-state index contributed by atoms with van der Waals surface area (Å²) >= 11 is 3.71. The van der Waals surface area contributed by atoms with E-state index in [1.807, 2.05) is 0 Å². The summed E-state index contributed by atoms with van der Waals surface area (Å²) < 4.78 is 3.29. The van der Waals surface area contributed by atoms with E-state index in [0.717, 1.165) is 37.4 Å². The van der Waals surface area contributed by atoms with Crippen LogP contribution in [0.3, 0.4) is 0 Å². The van der Waals surface area contributed by atoms with E-state index in [-0.39, 0.29) is 6.04 Å². The Bertz CT molecular complexity index is 422. The smallest absolute Gasteiger partial charge is 0.0766 e. The third-order valence-electron chi connectivity index (χ3n) is 4.57. The van der Waals surface area contributed by atoms with E-state index in [0.29, 0.717) is 0 Å². The topological polar surface area (TPSA) is 43.8 Å². The van der Waals surface area contributed by atoms with Crippen LogP contribution in [0, 0.1) is 5.92 Å². The van der Waals surface area contributed by atoms with Crippen LogP contribution in [-0.2, 0) is 19.4 Å². The van der Waals surface area contributed by atoms with Gasteiger partial charge in [-0.1, -0.05) is 32.6 Å². The van der Waals surface area contributed by atoms with Gasteiger partial charge in [-0.3, -0.25) is 4.68 Å². The van der Waals surface area contributed by atoms with Crippen molar-refractivity contribution in [2.45, 2.75) is 77.8 Å². The molecule has 114 valence electrons. The molecule has 20 heavy (non-hydrogen) atoms. The minimum Gasteiger partial charge on any atom is -0.327 e. The van der Waals surface area contributed by atoms with Crippen molar-refractivity contribution >= 4 is 15.9 Å². The molecule has 1 aliphatic rings. The van der Waals surface area contributed by atoms with Crippen LogP contribution in [-0.4, -0.2) is 15.8 Å². The molecule has 1 heterocycles. The molecular formula is C16H28BrN3. The first kappa shape index (κ1) is 16.0. The number of hydrogen-bond acceptors (Lipinski definition) is 2. The Labute approximate surface area is 131 Å². The Morgan fingerprint density at radius 1 is 1.35 bits per heavy atom. The first-order chi connectivity index (χ1) is 9.65. The average Bonchev–Trinajstić information content (AvgIpc) is 3.06. The van der Waals surface area contributed by atoms with Crippen molar-refractivity contribution in [1.29, 1.82) is 0 Å². The summed E-state index contributed by atoms with van der Waals surface area (Å²) in [5.41, 5.74) is 8.80. The maximum atomic E-state index is 6.37.